The monoisotopic (exact) mass is 415 g/mol. The first kappa shape index (κ1) is 20.2. The molecule has 1 aromatic heterocycles. The lowest BCUT2D eigenvalue weighted by atomic mass is 10.1. The fourth-order valence-corrected chi connectivity index (χ4v) is 4.35. The van der Waals surface area contributed by atoms with E-state index in [0.717, 1.165) is 33.7 Å². The van der Waals surface area contributed by atoms with E-state index in [1.54, 1.807) is 18.9 Å². The zero-order valence-corrected chi connectivity index (χ0v) is 18.5. The molecule has 1 heterocycles. The maximum atomic E-state index is 5.41. The summed E-state index contributed by atoms with van der Waals surface area (Å²) in [5.41, 5.74) is 7.13. The van der Waals surface area contributed by atoms with Crippen molar-refractivity contribution in [3.8, 4) is 22.8 Å². The predicted octanol–water partition coefficient (Wildman–Crippen LogP) is 6.16. The molecule has 4 aromatic rings. The van der Waals surface area contributed by atoms with Gasteiger partial charge in [-0.15, -0.1) is 10.2 Å². The Morgan fingerprint density at radius 1 is 0.867 bits per heavy atom. The van der Waals surface area contributed by atoms with Crippen LogP contribution in [0, 0.1) is 20.8 Å². The molecule has 5 heteroatoms. The van der Waals surface area contributed by atoms with E-state index in [2.05, 4.69) is 78.0 Å². The van der Waals surface area contributed by atoms with Gasteiger partial charge in [-0.25, -0.2) is 0 Å². The molecule has 0 aliphatic carbocycles. The van der Waals surface area contributed by atoms with E-state index < -0.39 is 0 Å². The highest BCUT2D eigenvalue weighted by Crippen LogP contribution is 2.31. The van der Waals surface area contributed by atoms with Gasteiger partial charge < -0.3 is 4.74 Å². The first-order valence-corrected chi connectivity index (χ1v) is 10.9. The number of hydrogen-bond acceptors (Lipinski definition) is 4. The molecule has 0 unspecified atom stereocenters. The van der Waals surface area contributed by atoms with Gasteiger partial charge in [0, 0.05) is 17.0 Å². The van der Waals surface area contributed by atoms with Crippen LogP contribution >= 0.6 is 11.8 Å². The summed E-state index contributed by atoms with van der Waals surface area (Å²) in [5, 5.41) is 9.97. The third-order valence-electron chi connectivity index (χ3n) is 5.11. The second kappa shape index (κ2) is 8.76. The number of aryl methyl sites for hydroxylation is 3. The molecule has 0 saturated carbocycles. The maximum absolute atomic E-state index is 5.41. The van der Waals surface area contributed by atoms with E-state index in [1.165, 1.54) is 22.3 Å². The second-order valence-electron chi connectivity index (χ2n) is 7.43. The largest absolute Gasteiger partial charge is 0.497 e. The molecule has 0 amide bonds. The van der Waals surface area contributed by atoms with Crippen LogP contribution in [0.15, 0.2) is 71.9 Å². The topological polar surface area (TPSA) is 39.9 Å². The minimum Gasteiger partial charge on any atom is -0.497 e. The number of thioether (sulfide) groups is 1. The lowest BCUT2D eigenvalue weighted by molar-refractivity contribution is 0.415. The zero-order chi connectivity index (χ0) is 21.1. The summed E-state index contributed by atoms with van der Waals surface area (Å²) in [6.07, 6.45) is 0. The van der Waals surface area contributed by atoms with E-state index in [-0.39, 0.29) is 0 Å². The van der Waals surface area contributed by atoms with Crippen molar-refractivity contribution in [1.82, 2.24) is 14.8 Å². The highest BCUT2D eigenvalue weighted by Gasteiger charge is 2.17. The van der Waals surface area contributed by atoms with E-state index in [1.807, 2.05) is 24.3 Å². The Labute approximate surface area is 181 Å². The Hall–Kier alpha value is -3.05. The van der Waals surface area contributed by atoms with Crippen molar-refractivity contribution in [2.24, 2.45) is 0 Å². The van der Waals surface area contributed by atoms with Crippen LogP contribution in [0.25, 0.3) is 17.1 Å². The third kappa shape index (κ3) is 4.26. The lowest BCUT2D eigenvalue weighted by Gasteiger charge is -2.12. The molecular formula is C25H25N3OS. The summed E-state index contributed by atoms with van der Waals surface area (Å²) in [6.45, 7) is 6.38. The highest BCUT2D eigenvalue weighted by molar-refractivity contribution is 7.98. The van der Waals surface area contributed by atoms with Crippen LogP contribution in [0.3, 0.4) is 0 Å². The summed E-state index contributed by atoms with van der Waals surface area (Å²) in [6, 6.07) is 23.0. The first-order valence-electron chi connectivity index (χ1n) is 9.91. The molecule has 0 saturated heterocycles. The molecule has 0 aliphatic heterocycles. The molecule has 0 bridgehead atoms. The number of aromatic nitrogens is 3. The average molecular weight is 416 g/mol. The van der Waals surface area contributed by atoms with Crippen molar-refractivity contribution in [3.05, 3.63) is 89.0 Å². The number of benzene rings is 3. The predicted molar refractivity (Wildman–Crippen MR) is 124 cm³/mol. The Balaban J connectivity index is 1.75. The Bertz CT molecular complexity index is 1170. The third-order valence-corrected chi connectivity index (χ3v) is 6.09. The molecule has 4 rings (SSSR count). The Morgan fingerprint density at radius 3 is 2.40 bits per heavy atom. The van der Waals surface area contributed by atoms with Gasteiger partial charge in [-0.2, -0.15) is 0 Å². The molecule has 0 radical (unpaired) electrons. The fourth-order valence-electron chi connectivity index (χ4n) is 3.34. The van der Waals surface area contributed by atoms with Crippen LogP contribution in [0.4, 0.5) is 0 Å². The van der Waals surface area contributed by atoms with Gasteiger partial charge in [0.25, 0.3) is 0 Å². The lowest BCUT2D eigenvalue weighted by Crippen LogP contribution is -2.00. The second-order valence-corrected chi connectivity index (χ2v) is 8.37. The SMILES string of the molecule is COc1cccc(-c2nnc(SCc3cc(C)ccc3C)n2-c2ccc(C)cc2)c1. The molecular weight excluding hydrogens is 390 g/mol. The average Bonchev–Trinajstić information content (AvgIpc) is 3.19. The molecule has 30 heavy (non-hydrogen) atoms. The van der Waals surface area contributed by atoms with Gasteiger partial charge in [0.2, 0.25) is 0 Å². The van der Waals surface area contributed by atoms with Crippen molar-refractivity contribution < 1.29 is 4.74 Å². The summed E-state index contributed by atoms with van der Waals surface area (Å²) in [5.74, 6) is 2.45. The van der Waals surface area contributed by atoms with Gasteiger partial charge in [-0.1, -0.05) is 65.4 Å². The number of methoxy groups -OCH3 is 1. The van der Waals surface area contributed by atoms with Gasteiger partial charge in [0.05, 0.1) is 7.11 Å². The van der Waals surface area contributed by atoms with Gasteiger partial charge in [-0.3, -0.25) is 4.57 Å². The van der Waals surface area contributed by atoms with Gasteiger partial charge in [-0.05, 0) is 56.2 Å². The summed E-state index contributed by atoms with van der Waals surface area (Å²) in [7, 11) is 1.68. The molecule has 0 spiro atoms. The summed E-state index contributed by atoms with van der Waals surface area (Å²) >= 11 is 1.71. The maximum Gasteiger partial charge on any atom is 0.196 e. The first-order chi connectivity index (χ1) is 14.5. The quantitative estimate of drug-likeness (QED) is 0.354. The Kier molecular flexibility index (Phi) is 5.91. The van der Waals surface area contributed by atoms with E-state index >= 15 is 0 Å². The Morgan fingerprint density at radius 2 is 1.63 bits per heavy atom. The standard InChI is InChI=1S/C25H25N3OS/c1-17-9-12-22(13-10-17)28-24(20-6-5-7-23(15-20)29-4)26-27-25(28)30-16-21-14-18(2)8-11-19(21)3/h5-15H,16H2,1-4H3. The van der Waals surface area contributed by atoms with Crippen molar-refractivity contribution >= 4 is 11.8 Å². The van der Waals surface area contributed by atoms with Crippen LogP contribution in [0.5, 0.6) is 5.75 Å². The van der Waals surface area contributed by atoms with Crippen molar-refractivity contribution in [2.45, 2.75) is 31.7 Å². The normalized spacial score (nSPS) is 10.9. The summed E-state index contributed by atoms with van der Waals surface area (Å²) in [4.78, 5) is 0. The van der Waals surface area contributed by atoms with E-state index in [4.69, 9.17) is 4.74 Å². The van der Waals surface area contributed by atoms with E-state index in [0.29, 0.717) is 0 Å². The minimum atomic E-state index is 0.801. The van der Waals surface area contributed by atoms with E-state index in [9.17, 15) is 0 Å². The molecule has 0 atom stereocenters. The number of rotatable bonds is 6. The summed E-state index contributed by atoms with van der Waals surface area (Å²) < 4.78 is 7.54. The van der Waals surface area contributed by atoms with Gasteiger partial charge >= 0.3 is 0 Å². The molecule has 152 valence electrons. The fraction of sp³-hybridized carbons (Fsp3) is 0.200. The molecule has 0 N–H and O–H groups in total. The number of hydrogen-bond donors (Lipinski definition) is 0. The van der Waals surface area contributed by atoms with Crippen LogP contribution in [-0.4, -0.2) is 21.9 Å². The number of ether oxygens (including phenoxy) is 1. The molecule has 0 aliphatic rings. The van der Waals surface area contributed by atoms with Crippen LogP contribution in [0.1, 0.15) is 22.3 Å². The number of nitrogens with zero attached hydrogens (tertiary/aromatic N) is 3. The molecule has 0 fully saturated rings. The van der Waals surface area contributed by atoms with Crippen molar-refractivity contribution in [3.63, 3.8) is 0 Å². The molecule has 3 aromatic carbocycles. The van der Waals surface area contributed by atoms with Gasteiger partial charge in [0.1, 0.15) is 5.75 Å². The van der Waals surface area contributed by atoms with Crippen LogP contribution in [0.2, 0.25) is 0 Å². The van der Waals surface area contributed by atoms with Crippen LogP contribution < -0.4 is 4.74 Å². The smallest absolute Gasteiger partial charge is 0.196 e. The van der Waals surface area contributed by atoms with Gasteiger partial charge in [0.15, 0.2) is 11.0 Å². The van der Waals surface area contributed by atoms with Crippen molar-refractivity contribution in [1.29, 1.82) is 0 Å². The zero-order valence-electron chi connectivity index (χ0n) is 17.7. The highest BCUT2D eigenvalue weighted by atomic mass is 32.2. The molecule has 4 nitrogen and oxygen atoms in total. The van der Waals surface area contributed by atoms with Crippen LogP contribution in [-0.2, 0) is 5.75 Å². The van der Waals surface area contributed by atoms with Crippen molar-refractivity contribution in [2.75, 3.05) is 7.11 Å². The minimum absolute atomic E-state index is 0.801.